The van der Waals surface area contributed by atoms with Crippen molar-refractivity contribution >= 4 is 17.3 Å². The molecule has 7 heteroatoms. The quantitative estimate of drug-likeness (QED) is 0.475. The predicted molar refractivity (Wildman–Crippen MR) is 95.6 cm³/mol. The number of benzene rings is 1. The molecular formula is C19H14N2O4S. The van der Waals surface area contributed by atoms with Gasteiger partial charge in [0, 0.05) is 11.6 Å². The maximum atomic E-state index is 12.3. The van der Waals surface area contributed by atoms with Crippen molar-refractivity contribution in [1.82, 2.24) is 10.1 Å². The number of thiophene rings is 1. The molecule has 3 heterocycles. The van der Waals surface area contributed by atoms with Crippen LogP contribution < -0.4 is 0 Å². The van der Waals surface area contributed by atoms with Gasteiger partial charge in [0.25, 0.3) is 0 Å². The van der Waals surface area contributed by atoms with Crippen molar-refractivity contribution in [1.29, 1.82) is 0 Å². The number of aryl methyl sites for hydroxylation is 1. The highest BCUT2D eigenvalue weighted by atomic mass is 32.1. The van der Waals surface area contributed by atoms with Crippen molar-refractivity contribution in [2.24, 2.45) is 0 Å². The lowest BCUT2D eigenvalue weighted by molar-refractivity contribution is 0.0456. The Balaban J connectivity index is 1.45. The Morgan fingerprint density at radius 2 is 2.04 bits per heavy atom. The molecule has 0 aliphatic heterocycles. The van der Waals surface area contributed by atoms with Gasteiger partial charge in [0.05, 0.1) is 4.88 Å². The molecular weight excluding hydrogens is 352 g/mol. The number of hydrogen-bond acceptors (Lipinski definition) is 7. The molecule has 0 aliphatic rings. The summed E-state index contributed by atoms with van der Waals surface area (Å²) in [6, 6.07) is 15.0. The first-order valence-electron chi connectivity index (χ1n) is 7.90. The van der Waals surface area contributed by atoms with E-state index in [1.807, 2.05) is 47.8 Å². The van der Waals surface area contributed by atoms with E-state index >= 15 is 0 Å². The molecule has 6 nitrogen and oxygen atoms in total. The summed E-state index contributed by atoms with van der Waals surface area (Å²) in [5.41, 5.74) is 1.49. The Labute approximate surface area is 153 Å². The van der Waals surface area contributed by atoms with E-state index in [2.05, 4.69) is 10.1 Å². The Kier molecular flexibility index (Phi) is 4.37. The number of aromatic nitrogens is 2. The van der Waals surface area contributed by atoms with Gasteiger partial charge < -0.3 is 13.7 Å². The molecule has 0 unspecified atom stereocenters. The molecule has 0 amide bonds. The predicted octanol–water partition coefficient (Wildman–Crippen LogP) is 4.72. The molecule has 3 aromatic heterocycles. The van der Waals surface area contributed by atoms with Crippen molar-refractivity contribution in [3.8, 4) is 22.1 Å². The maximum absolute atomic E-state index is 12.3. The molecule has 0 saturated carbocycles. The largest absolute Gasteiger partial charge is 0.454 e. The maximum Gasteiger partial charge on any atom is 0.361 e. The van der Waals surface area contributed by atoms with E-state index in [0.29, 0.717) is 23.1 Å². The Morgan fingerprint density at radius 3 is 2.81 bits per heavy atom. The number of hydrogen-bond donors (Lipinski definition) is 0. The third kappa shape index (κ3) is 3.29. The smallest absolute Gasteiger partial charge is 0.361 e. The zero-order valence-electron chi connectivity index (χ0n) is 13.8. The van der Waals surface area contributed by atoms with Crippen molar-refractivity contribution < 1.29 is 18.5 Å². The van der Waals surface area contributed by atoms with Crippen molar-refractivity contribution in [3.05, 3.63) is 71.1 Å². The van der Waals surface area contributed by atoms with Gasteiger partial charge in [-0.3, -0.25) is 0 Å². The van der Waals surface area contributed by atoms with Gasteiger partial charge in [-0.15, -0.1) is 11.3 Å². The van der Waals surface area contributed by atoms with Crippen LogP contribution in [0.5, 0.6) is 0 Å². The SMILES string of the molecule is Cc1oc(-c2ccccc2)nc1C(=O)OCc1cc(-c2cccs2)on1. The van der Waals surface area contributed by atoms with Gasteiger partial charge >= 0.3 is 5.97 Å². The molecule has 4 rings (SSSR count). The molecule has 1 aromatic carbocycles. The van der Waals surface area contributed by atoms with Gasteiger partial charge in [0.1, 0.15) is 18.1 Å². The number of nitrogens with zero attached hydrogens (tertiary/aromatic N) is 2. The van der Waals surface area contributed by atoms with Crippen LogP contribution in [0, 0.1) is 6.92 Å². The molecule has 0 saturated heterocycles. The normalized spacial score (nSPS) is 10.8. The molecule has 4 aromatic rings. The van der Waals surface area contributed by atoms with Crippen molar-refractivity contribution in [3.63, 3.8) is 0 Å². The highest BCUT2D eigenvalue weighted by Crippen LogP contribution is 2.26. The fraction of sp³-hybridized carbons (Fsp3) is 0.105. The van der Waals surface area contributed by atoms with Crippen LogP contribution in [0.3, 0.4) is 0 Å². The second-order valence-corrected chi connectivity index (χ2v) is 6.47. The van der Waals surface area contributed by atoms with E-state index in [-0.39, 0.29) is 12.3 Å². The van der Waals surface area contributed by atoms with Gasteiger partial charge in [0.15, 0.2) is 11.5 Å². The molecule has 0 atom stereocenters. The summed E-state index contributed by atoms with van der Waals surface area (Å²) in [5.74, 6) is 0.883. The Bertz CT molecular complexity index is 1020. The molecule has 0 aliphatic carbocycles. The molecule has 26 heavy (non-hydrogen) atoms. The van der Waals surface area contributed by atoms with E-state index in [1.165, 1.54) is 0 Å². The number of rotatable bonds is 5. The summed E-state index contributed by atoms with van der Waals surface area (Å²) >= 11 is 1.55. The van der Waals surface area contributed by atoms with Gasteiger partial charge in [-0.05, 0) is 30.5 Å². The average molecular weight is 366 g/mol. The standard InChI is InChI=1S/C19H14N2O4S/c1-12-17(20-18(24-12)13-6-3-2-4-7-13)19(22)23-11-14-10-15(25-21-14)16-8-5-9-26-16/h2-10H,11H2,1H3. The number of ether oxygens (including phenoxy) is 1. The van der Waals surface area contributed by atoms with Crippen LogP contribution in [-0.4, -0.2) is 16.1 Å². The number of carbonyl (C=O) groups excluding carboxylic acids is 1. The molecule has 0 N–H and O–H groups in total. The van der Waals surface area contributed by atoms with Crippen molar-refractivity contribution in [2.45, 2.75) is 13.5 Å². The van der Waals surface area contributed by atoms with Crippen LogP contribution in [0.4, 0.5) is 0 Å². The monoisotopic (exact) mass is 366 g/mol. The van der Waals surface area contributed by atoms with Crippen LogP contribution in [-0.2, 0) is 11.3 Å². The highest BCUT2D eigenvalue weighted by molar-refractivity contribution is 7.13. The van der Waals surface area contributed by atoms with Gasteiger partial charge in [0.2, 0.25) is 5.89 Å². The highest BCUT2D eigenvalue weighted by Gasteiger charge is 2.20. The van der Waals surface area contributed by atoms with Crippen LogP contribution in [0.2, 0.25) is 0 Å². The summed E-state index contributed by atoms with van der Waals surface area (Å²) in [4.78, 5) is 17.5. The zero-order valence-corrected chi connectivity index (χ0v) is 14.7. The summed E-state index contributed by atoms with van der Waals surface area (Å²) in [7, 11) is 0. The van der Waals surface area contributed by atoms with E-state index in [9.17, 15) is 4.79 Å². The minimum Gasteiger partial charge on any atom is -0.454 e. The van der Waals surface area contributed by atoms with E-state index in [0.717, 1.165) is 10.4 Å². The second kappa shape index (κ2) is 6.97. The molecule has 130 valence electrons. The van der Waals surface area contributed by atoms with E-state index in [4.69, 9.17) is 13.7 Å². The number of oxazole rings is 1. The summed E-state index contributed by atoms with van der Waals surface area (Å²) in [5, 5.41) is 5.88. The van der Waals surface area contributed by atoms with Crippen LogP contribution >= 0.6 is 11.3 Å². The van der Waals surface area contributed by atoms with Gasteiger partial charge in [-0.2, -0.15) is 0 Å². The summed E-state index contributed by atoms with van der Waals surface area (Å²) in [6.07, 6.45) is 0. The van der Waals surface area contributed by atoms with E-state index in [1.54, 1.807) is 24.3 Å². The molecule has 0 bridgehead atoms. The topological polar surface area (TPSA) is 78.4 Å². The van der Waals surface area contributed by atoms with Crippen LogP contribution in [0.1, 0.15) is 21.9 Å². The lowest BCUT2D eigenvalue weighted by Crippen LogP contribution is -2.07. The summed E-state index contributed by atoms with van der Waals surface area (Å²) in [6.45, 7) is 1.68. The van der Waals surface area contributed by atoms with Crippen molar-refractivity contribution in [2.75, 3.05) is 0 Å². The van der Waals surface area contributed by atoms with Gasteiger partial charge in [-0.1, -0.05) is 29.4 Å². The molecule has 0 radical (unpaired) electrons. The lowest BCUT2D eigenvalue weighted by atomic mass is 10.2. The fourth-order valence-corrected chi connectivity index (χ4v) is 3.09. The first kappa shape index (κ1) is 16.3. The Morgan fingerprint density at radius 1 is 1.19 bits per heavy atom. The minimum atomic E-state index is -0.561. The van der Waals surface area contributed by atoms with Gasteiger partial charge in [-0.25, -0.2) is 9.78 Å². The Hall–Kier alpha value is -3.19. The minimum absolute atomic E-state index is 0.000674. The molecule has 0 fully saturated rings. The second-order valence-electron chi connectivity index (χ2n) is 5.53. The third-order valence-corrected chi connectivity index (χ3v) is 4.57. The van der Waals surface area contributed by atoms with E-state index < -0.39 is 5.97 Å². The zero-order chi connectivity index (χ0) is 17.9. The summed E-state index contributed by atoms with van der Waals surface area (Å²) < 4.78 is 16.1. The first-order chi connectivity index (χ1) is 12.7. The number of esters is 1. The first-order valence-corrected chi connectivity index (χ1v) is 8.78. The molecule has 0 spiro atoms. The van der Waals surface area contributed by atoms with Crippen LogP contribution in [0.25, 0.3) is 22.1 Å². The number of carbonyl (C=O) groups is 1. The average Bonchev–Trinajstić information content (AvgIpc) is 3.40. The fourth-order valence-electron chi connectivity index (χ4n) is 2.41. The van der Waals surface area contributed by atoms with Crippen LogP contribution in [0.15, 0.2) is 62.9 Å². The lowest BCUT2D eigenvalue weighted by Gasteiger charge is -1.99. The third-order valence-electron chi connectivity index (χ3n) is 3.68.